The average molecular weight is 255 g/mol. The van der Waals surface area contributed by atoms with Gasteiger partial charge in [0.2, 0.25) is 0 Å². The van der Waals surface area contributed by atoms with Gasteiger partial charge >= 0.3 is 18.1 Å². The molecule has 0 bridgehead atoms. The van der Waals surface area contributed by atoms with Crippen LogP contribution in [0.4, 0.5) is 13.2 Å². The number of amides is 1. The van der Waals surface area contributed by atoms with Crippen molar-refractivity contribution in [1.29, 1.82) is 0 Å². The molecule has 2 N–H and O–H groups in total. The van der Waals surface area contributed by atoms with E-state index in [1.807, 2.05) is 5.32 Å². The molecule has 0 spiro atoms. The van der Waals surface area contributed by atoms with E-state index in [4.69, 9.17) is 5.11 Å². The SMILES string of the molecule is CCC(CC)(CCC(=O)O)NC(=O)C(F)(F)F. The average Bonchev–Trinajstić information content (AvgIpc) is 2.22. The number of nitrogens with one attached hydrogen (secondary N) is 1. The summed E-state index contributed by atoms with van der Waals surface area (Å²) in [6.45, 7) is 3.23. The summed E-state index contributed by atoms with van der Waals surface area (Å²) in [5, 5.41) is 10.4. The van der Waals surface area contributed by atoms with Crippen LogP contribution in [0.25, 0.3) is 0 Å². The van der Waals surface area contributed by atoms with Crippen LogP contribution < -0.4 is 5.32 Å². The van der Waals surface area contributed by atoms with Crippen molar-refractivity contribution in [2.75, 3.05) is 0 Å². The fourth-order valence-corrected chi connectivity index (χ4v) is 1.50. The van der Waals surface area contributed by atoms with Crippen molar-refractivity contribution in [3.05, 3.63) is 0 Å². The number of hydrogen-bond donors (Lipinski definition) is 2. The van der Waals surface area contributed by atoms with Gasteiger partial charge in [-0.15, -0.1) is 0 Å². The van der Waals surface area contributed by atoms with Gasteiger partial charge in [0.25, 0.3) is 0 Å². The lowest BCUT2D eigenvalue weighted by molar-refractivity contribution is -0.176. The molecular weight excluding hydrogens is 239 g/mol. The largest absolute Gasteiger partial charge is 0.481 e. The van der Waals surface area contributed by atoms with Gasteiger partial charge < -0.3 is 10.4 Å². The summed E-state index contributed by atoms with van der Waals surface area (Å²) in [6, 6.07) is 0. The van der Waals surface area contributed by atoms with Crippen molar-refractivity contribution in [3.63, 3.8) is 0 Å². The number of aliphatic carboxylic acids is 1. The zero-order valence-electron chi connectivity index (χ0n) is 9.73. The summed E-state index contributed by atoms with van der Waals surface area (Å²) in [7, 11) is 0. The number of carboxylic acid groups (broad SMARTS) is 1. The first-order chi connectivity index (χ1) is 7.67. The van der Waals surface area contributed by atoms with Gasteiger partial charge in [-0.1, -0.05) is 13.8 Å². The minimum absolute atomic E-state index is 0.0167. The molecule has 0 radical (unpaired) electrons. The van der Waals surface area contributed by atoms with Gasteiger partial charge in [-0.05, 0) is 19.3 Å². The Morgan fingerprint density at radius 2 is 1.65 bits per heavy atom. The van der Waals surface area contributed by atoms with Gasteiger partial charge in [0, 0.05) is 12.0 Å². The Hall–Kier alpha value is -1.27. The molecule has 0 saturated heterocycles. The van der Waals surface area contributed by atoms with Crippen molar-refractivity contribution in [2.45, 2.75) is 51.2 Å². The summed E-state index contributed by atoms with van der Waals surface area (Å²) < 4.78 is 36.4. The first-order valence-electron chi connectivity index (χ1n) is 5.28. The van der Waals surface area contributed by atoms with Crippen LogP contribution in [-0.4, -0.2) is 28.7 Å². The second kappa shape index (κ2) is 5.88. The molecule has 100 valence electrons. The van der Waals surface area contributed by atoms with Gasteiger partial charge in [0.15, 0.2) is 0 Å². The van der Waals surface area contributed by atoms with E-state index in [0.717, 1.165) is 0 Å². The number of rotatable bonds is 6. The zero-order valence-corrected chi connectivity index (χ0v) is 9.73. The van der Waals surface area contributed by atoms with E-state index in [9.17, 15) is 22.8 Å². The Kier molecular flexibility index (Phi) is 5.44. The Morgan fingerprint density at radius 1 is 1.18 bits per heavy atom. The fourth-order valence-electron chi connectivity index (χ4n) is 1.50. The second-order valence-electron chi connectivity index (χ2n) is 3.83. The summed E-state index contributed by atoms with van der Waals surface area (Å²) in [4.78, 5) is 21.3. The third-order valence-corrected chi connectivity index (χ3v) is 2.81. The molecule has 4 nitrogen and oxygen atoms in total. The molecule has 0 unspecified atom stereocenters. The van der Waals surface area contributed by atoms with Crippen LogP contribution in [-0.2, 0) is 9.59 Å². The highest BCUT2D eigenvalue weighted by molar-refractivity contribution is 5.82. The Bertz CT molecular complexity index is 285. The molecule has 0 aromatic rings. The van der Waals surface area contributed by atoms with Gasteiger partial charge in [0.1, 0.15) is 0 Å². The van der Waals surface area contributed by atoms with E-state index < -0.39 is 23.6 Å². The van der Waals surface area contributed by atoms with Gasteiger partial charge in [-0.3, -0.25) is 9.59 Å². The van der Waals surface area contributed by atoms with Crippen molar-refractivity contribution in [3.8, 4) is 0 Å². The molecule has 0 aliphatic heterocycles. The standard InChI is InChI=1S/C10H16F3NO3/c1-3-9(4-2,6-5-7(15)16)14-8(17)10(11,12)13/h3-6H2,1-2H3,(H,14,17)(H,15,16). The van der Waals surface area contributed by atoms with Gasteiger partial charge in [-0.2, -0.15) is 13.2 Å². The molecule has 0 fully saturated rings. The van der Waals surface area contributed by atoms with E-state index in [-0.39, 0.29) is 25.7 Å². The number of carbonyl (C=O) groups is 2. The lowest BCUT2D eigenvalue weighted by Crippen LogP contribution is -2.52. The van der Waals surface area contributed by atoms with Crippen LogP contribution in [0, 0.1) is 0 Å². The van der Waals surface area contributed by atoms with Crippen LogP contribution >= 0.6 is 0 Å². The molecule has 0 aliphatic rings. The molecule has 0 saturated carbocycles. The first-order valence-corrected chi connectivity index (χ1v) is 5.28. The van der Waals surface area contributed by atoms with Crippen LogP contribution in [0.1, 0.15) is 39.5 Å². The summed E-state index contributed by atoms with van der Waals surface area (Å²) in [5.41, 5.74) is -1.11. The van der Waals surface area contributed by atoms with Crippen molar-refractivity contribution >= 4 is 11.9 Å². The summed E-state index contributed by atoms with van der Waals surface area (Å²) in [5.74, 6) is -3.12. The smallest absolute Gasteiger partial charge is 0.471 e. The third-order valence-electron chi connectivity index (χ3n) is 2.81. The van der Waals surface area contributed by atoms with E-state index in [1.54, 1.807) is 13.8 Å². The minimum atomic E-state index is -4.95. The maximum atomic E-state index is 12.1. The number of carboxylic acids is 1. The molecular formula is C10H16F3NO3. The molecule has 0 aromatic heterocycles. The second-order valence-corrected chi connectivity index (χ2v) is 3.83. The Morgan fingerprint density at radius 3 is 1.94 bits per heavy atom. The van der Waals surface area contributed by atoms with Crippen LogP contribution in [0.15, 0.2) is 0 Å². The maximum absolute atomic E-state index is 12.1. The molecule has 0 aromatic carbocycles. The summed E-state index contributed by atoms with van der Waals surface area (Å²) in [6.07, 6.45) is -4.74. The highest BCUT2D eigenvalue weighted by Gasteiger charge is 2.42. The topological polar surface area (TPSA) is 66.4 Å². The third kappa shape index (κ3) is 5.06. The normalized spacial score (nSPS) is 12.3. The van der Waals surface area contributed by atoms with Crippen molar-refractivity contribution < 1.29 is 27.9 Å². The van der Waals surface area contributed by atoms with Crippen LogP contribution in [0.2, 0.25) is 0 Å². The quantitative estimate of drug-likeness (QED) is 0.763. The number of hydrogen-bond acceptors (Lipinski definition) is 2. The van der Waals surface area contributed by atoms with E-state index in [1.165, 1.54) is 0 Å². The zero-order chi connectivity index (χ0) is 13.7. The molecule has 0 heterocycles. The Labute approximate surface area is 97.2 Å². The van der Waals surface area contributed by atoms with E-state index in [0.29, 0.717) is 0 Å². The van der Waals surface area contributed by atoms with Crippen LogP contribution in [0.3, 0.4) is 0 Å². The maximum Gasteiger partial charge on any atom is 0.471 e. The number of alkyl halides is 3. The van der Waals surface area contributed by atoms with E-state index >= 15 is 0 Å². The van der Waals surface area contributed by atoms with Gasteiger partial charge in [0.05, 0.1) is 0 Å². The lowest BCUT2D eigenvalue weighted by atomic mass is 9.87. The predicted molar refractivity (Wildman–Crippen MR) is 54.4 cm³/mol. The minimum Gasteiger partial charge on any atom is -0.481 e. The van der Waals surface area contributed by atoms with Crippen molar-refractivity contribution in [1.82, 2.24) is 5.32 Å². The molecule has 17 heavy (non-hydrogen) atoms. The van der Waals surface area contributed by atoms with Gasteiger partial charge in [-0.25, -0.2) is 0 Å². The molecule has 0 rings (SSSR count). The van der Waals surface area contributed by atoms with Crippen molar-refractivity contribution in [2.24, 2.45) is 0 Å². The highest BCUT2D eigenvalue weighted by Crippen LogP contribution is 2.24. The molecule has 0 aliphatic carbocycles. The predicted octanol–water partition coefficient (Wildman–Crippen LogP) is 2.09. The lowest BCUT2D eigenvalue weighted by Gasteiger charge is -2.32. The molecule has 0 atom stereocenters. The number of carbonyl (C=O) groups excluding carboxylic acids is 1. The monoisotopic (exact) mass is 255 g/mol. The highest BCUT2D eigenvalue weighted by atomic mass is 19.4. The fraction of sp³-hybridized carbons (Fsp3) is 0.800. The summed E-state index contributed by atoms with van der Waals surface area (Å²) >= 11 is 0. The number of halogens is 3. The van der Waals surface area contributed by atoms with E-state index in [2.05, 4.69) is 0 Å². The Balaban J connectivity index is 4.72. The van der Waals surface area contributed by atoms with Crippen LogP contribution in [0.5, 0.6) is 0 Å². The first kappa shape index (κ1) is 15.7. The molecule has 7 heteroatoms. The molecule has 1 amide bonds.